The molecule has 0 saturated carbocycles. The predicted molar refractivity (Wildman–Crippen MR) is 103 cm³/mol. The number of nitrogens with one attached hydrogen (secondary N) is 2. The Balaban J connectivity index is 1.65. The van der Waals surface area contributed by atoms with E-state index < -0.39 is 6.04 Å². The molecule has 0 aliphatic carbocycles. The standard InChI is InChI=1S/C20H19N3O3/c1-13(22-18-8-4-6-14-5-2-3-7-17(14)18)20(26)23-21-12-15-9-10-16(24)11-19(15)25/h2-13,22,24-25H,1H3,(H,23,26)/b21-12+/t13-/m0/s1. The second-order valence-corrected chi connectivity index (χ2v) is 5.87. The number of rotatable bonds is 5. The minimum Gasteiger partial charge on any atom is -0.508 e. The summed E-state index contributed by atoms with van der Waals surface area (Å²) in [4.78, 5) is 12.2. The fraction of sp³-hybridized carbons (Fsp3) is 0.100. The number of carbonyl (C=O) groups is 1. The van der Waals surface area contributed by atoms with Crippen LogP contribution in [0.5, 0.6) is 11.5 Å². The molecule has 3 aromatic carbocycles. The molecule has 0 aromatic heterocycles. The smallest absolute Gasteiger partial charge is 0.262 e. The van der Waals surface area contributed by atoms with Crippen molar-refractivity contribution in [3.63, 3.8) is 0 Å². The molecule has 0 fully saturated rings. The number of hydrogen-bond acceptors (Lipinski definition) is 5. The number of fused-ring (bicyclic) bond motifs is 1. The van der Waals surface area contributed by atoms with Gasteiger partial charge < -0.3 is 15.5 Å². The molecule has 6 heteroatoms. The van der Waals surface area contributed by atoms with Crippen LogP contribution in [-0.2, 0) is 4.79 Å². The number of amides is 1. The van der Waals surface area contributed by atoms with Crippen molar-refractivity contribution in [1.82, 2.24) is 5.43 Å². The largest absolute Gasteiger partial charge is 0.508 e. The second kappa shape index (κ2) is 7.57. The highest BCUT2D eigenvalue weighted by atomic mass is 16.3. The summed E-state index contributed by atoms with van der Waals surface area (Å²) in [7, 11) is 0. The number of anilines is 1. The molecule has 0 radical (unpaired) electrons. The summed E-state index contributed by atoms with van der Waals surface area (Å²) in [6.45, 7) is 1.74. The van der Waals surface area contributed by atoms with Crippen molar-refractivity contribution in [1.29, 1.82) is 0 Å². The van der Waals surface area contributed by atoms with E-state index in [4.69, 9.17) is 0 Å². The molecule has 0 bridgehead atoms. The van der Waals surface area contributed by atoms with Gasteiger partial charge in [0.15, 0.2) is 0 Å². The van der Waals surface area contributed by atoms with Gasteiger partial charge in [-0.15, -0.1) is 0 Å². The predicted octanol–water partition coefficient (Wildman–Crippen LogP) is 3.20. The third-order valence-corrected chi connectivity index (χ3v) is 3.95. The van der Waals surface area contributed by atoms with E-state index in [-0.39, 0.29) is 17.4 Å². The maximum atomic E-state index is 12.2. The number of phenols is 2. The Kier molecular flexibility index (Phi) is 5.03. The molecular formula is C20H19N3O3. The third kappa shape index (κ3) is 3.92. The van der Waals surface area contributed by atoms with Crippen LogP contribution in [0.1, 0.15) is 12.5 Å². The molecule has 0 spiro atoms. The molecule has 1 amide bonds. The van der Waals surface area contributed by atoms with Gasteiger partial charge in [-0.25, -0.2) is 5.43 Å². The highest BCUT2D eigenvalue weighted by Gasteiger charge is 2.13. The highest BCUT2D eigenvalue weighted by molar-refractivity contribution is 5.96. The van der Waals surface area contributed by atoms with Gasteiger partial charge in [-0.2, -0.15) is 5.10 Å². The van der Waals surface area contributed by atoms with Crippen molar-refractivity contribution in [2.24, 2.45) is 5.10 Å². The van der Waals surface area contributed by atoms with Crippen molar-refractivity contribution in [3.05, 3.63) is 66.2 Å². The number of hydrogen-bond donors (Lipinski definition) is 4. The lowest BCUT2D eigenvalue weighted by Crippen LogP contribution is -2.34. The molecule has 3 aromatic rings. The van der Waals surface area contributed by atoms with Gasteiger partial charge in [0.25, 0.3) is 5.91 Å². The number of carbonyl (C=O) groups excluding carboxylic acids is 1. The number of hydrazone groups is 1. The molecule has 1 atom stereocenters. The van der Waals surface area contributed by atoms with Gasteiger partial charge in [0.1, 0.15) is 17.5 Å². The molecule has 6 nitrogen and oxygen atoms in total. The topological polar surface area (TPSA) is 94.0 Å². The average Bonchev–Trinajstić information content (AvgIpc) is 2.63. The summed E-state index contributed by atoms with van der Waals surface area (Å²) in [5, 5.41) is 28.1. The summed E-state index contributed by atoms with van der Waals surface area (Å²) in [6.07, 6.45) is 1.32. The van der Waals surface area contributed by atoms with Crippen LogP contribution in [0.25, 0.3) is 10.8 Å². The third-order valence-electron chi connectivity index (χ3n) is 3.95. The van der Waals surface area contributed by atoms with Crippen LogP contribution < -0.4 is 10.7 Å². The first kappa shape index (κ1) is 17.3. The summed E-state index contributed by atoms with van der Waals surface area (Å²) >= 11 is 0. The zero-order chi connectivity index (χ0) is 18.5. The number of aromatic hydroxyl groups is 2. The fourth-order valence-electron chi connectivity index (χ4n) is 2.55. The lowest BCUT2D eigenvalue weighted by molar-refractivity contribution is -0.121. The SMILES string of the molecule is C[C@H](Nc1cccc2ccccc12)C(=O)N/N=C/c1ccc(O)cc1O. The van der Waals surface area contributed by atoms with E-state index in [9.17, 15) is 15.0 Å². The van der Waals surface area contributed by atoms with Gasteiger partial charge in [0, 0.05) is 22.7 Å². The van der Waals surface area contributed by atoms with Gasteiger partial charge in [0.2, 0.25) is 0 Å². The second-order valence-electron chi connectivity index (χ2n) is 5.87. The van der Waals surface area contributed by atoms with Crippen molar-refractivity contribution >= 4 is 28.6 Å². The van der Waals surface area contributed by atoms with Gasteiger partial charge >= 0.3 is 0 Å². The van der Waals surface area contributed by atoms with E-state index >= 15 is 0 Å². The van der Waals surface area contributed by atoms with Crippen LogP contribution in [0.2, 0.25) is 0 Å². The zero-order valence-electron chi connectivity index (χ0n) is 14.2. The summed E-state index contributed by atoms with van der Waals surface area (Å²) < 4.78 is 0. The Labute approximate surface area is 150 Å². The summed E-state index contributed by atoms with van der Waals surface area (Å²) in [5.41, 5.74) is 3.69. The van der Waals surface area contributed by atoms with E-state index in [1.807, 2.05) is 42.5 Å². The molecule has 0 saturated heterocycles. The maximum Gasteiger partial charge on any atom is 0.262 e. The Morgan fingerprint density at radius 3 is 2.65 bits per heavy atom. The normalized spacial score (nSPS) is 12.2. The van der Waals surface area contributed by atoms with Crippen LogP contribution in [0.4, 0.5) is 5.69 Å². The minimum absolute atomic E-state index is 0.0448. The van der Waals surface area contributed by atoms with Crippen LogP contribution in [-0.4, -0.2) is 28.4 Å². The van der Waals surface area contributed by atoms with Crippen molar-refractivity contribution in [3.8, 4) is 11.5 Å². The van der Waals surface area contributed by atoms with Crippen LogP contribution in [0.3, 0.4) is 0 Å². The zero-order valence-corrected chi connectivity index (χ0v) is 14.2. The molecule has 4 N–H and O–H groups in total. The maximum absolute atomic E-state index is 12.2. The first-order valence-corrected chi connectivity index (χ1v) is 8.14. The molecule has 0 aliphatic heterocycles. The van der Waals surface area contributed by atoms with Gasteiger partial charge in [-0.1, -0.05) is 36.4 Å². The molecule has 26 heavy (non-hydrogen) atoms. The van der Waals surface area contributed by atoms with Crippen LogP contribution in [0, 0.1) is 0 Å². The number of phenolic OH excluding ortho intramolecular Hbond substituents is 2. The Morgan fingerprint density at radius 2 is 1.85 bits per heavy atom. The van der Waals surface area contributed by atoms with Crippen LogP contribution >= 0.6 is 0 Å². The molecule has 132 valence electrons. The quantitative estimate of drug-likeness (QED) is 0.420. The van der Waals surface area contributed by atoms with Gasteiger partial charge in [0.05, 0.1) is 6.21 Å². The van der Waals surface area contributed by atoms with E-state index in [2.05, 4.69) is 15.8 Å². The lowest BCUT2D eigenvalue weighted by atomic mass is 10.1. The fourth-order valence-corrected chi connectivity index (χ4v) is 2.55. The van der Waals surface area contributed by atoms with E-state index in [0.29, 0.717) is 5.56 Å². The van der Waals surface area contributed by atoms with E-state index in [1.165, 1.54) is 24.4 Å². The Morgan fingerprint density at radius 1 is 1.08 bits per heavy atom. The average molecular weight is 349 g/mol. The molecule has 3 rings (SSSR count). The first-order chi connectivity index (χ1) is 12.5. The first-order valence-electron chi connectivity index (χ1n) is 8.14. The molecule has 0 heterocycles. The Bertz CT molecular complexity index is 964. The Hall–Kier alpha value is -3.54. The van der Waals surface area contributed by atoms with Crippen molar-refractivity contribution < 1.29 is 15.0 Å². The van der Waals surface area contributed by atoms with Crippen molar-refractivity contribution in [2.75, 3.05) is 5.32 Å². The van der Waals surface area contributed by atoms with Gasteiger partial charge in [-0.3, -0.25) is 4.79 Å². The van der Waals surface area contributed by atoms with E-state index in [0.717, 1.165) is 16.5 Å². The molecular weight excluding hydrogens is 330 g/mol. The lowest BCUT2D eigenvalue weighted by Gasteiger charge is -2.15. The van der Waals surface area contributed by atoms with Crippen LogP contribution in [0.15, 0.2) is 65.8 Å². The van der Waals surface area contributed by atoms with Gasteiger partial charge in [-0.05, 0) is 30.5 Å². The minimum atomic E-state index is -0.508. The molecule has 0 unspecified atom stereocenters. The van der Waals surface area contributed by atoms with E-state index in [1.54, 1.807) is 6.92 Å². The highest BCUT2D eigenvalue weighted by Crippen LogP contribution is 2.23. The molecule has 0 aliphatic rings. The number of nitrogens with zero attached hydrogens (tertiary/aromatic N) is 1. The summed E-state index contributed by atoms with van der Waals surface area (Å²) in [5.74, 6) is -0.478. The number of benzene rings is 3. The monoisotopic (exact) mass is 349 g/mol. The van der Waals surface area contributed by atoms with Crippen molar-refractivity contribution in [2.45, 2.75) is 13.0 Å². The summed E-state index contributed by atoms with van der Waals surface area (Å²) in [6, 6.07) is 17.4.